The number of para-hydroxylation sites is 2. The normalized spacial score (nSPS) is 16.5. The number of benzene rings is 1. The number of carbonyl (C=O) groups is 2. The Labute approximate surface area is 140 Å². The van der Waals surface area contributed by atoms with Crippen LogP contribution in [-0.4, -0.2) is 40.6 Å². The molecule has 2 amide bonds. The Morgan fingerprint density at radius 3 is 2.96 bits per heavy atom. The lowest BCUT2D eigenvalue weighted by molar-refractivity contribution is -0.125. The zero-order valence-electron chi connectivity index (χ0n) is 13.5. The summed E-state index contributed by atoms with van der Waals surface area (Å²) in [4.78, 5) is 29.9. The average Bonchev–Trinajstić information content (AvgIpc) is 3.09. The maximum absolute atomic E-state index is 12.3. The number of anilines is 1. The Kier molecular flexibility index (Phi) is 4.79. The first kappa shape index (κ1) is 16.0. The van der Waals surface area contributed by atoms with Gasteiger partial charge >= 0.3 is 0 Å². The first-order chi connectivity index (χ1) is 11.6. The second-order valence-electron chi connectivity index (χ2n) is 5.62. The predicted molar refractivity (Wildman–Crippen MR) is 88.7 cm³/mol. The first-order valence-electron chi connectivity index (χ1n) is 7.94. The molecule has 0 radical (unpaired) electrons. The summed E-state index contributed by atoms with van der Waals surface area (Å²) >= 11 is 0. The molecule has 2 heterocycles. The molecule has 0 saturated carbocycles. The third-order valence-corrected chi connectivity index (χ3v) is 3.89. The number of rotatable bonds is 6. The number of hydrogen-bond acceptors (Lipinski definition) is 4. The van der Waals surface area contributed by atoms with Gasteiger partial charge in [-0.2, -0.15) is 0 Å². The van der Waals surface area contributed by atoms with Gasteiger partial charge in [-0.3, -0.25) is 9.59 Å². The number of nitrogens with one attached hydrogen (secondary N) is 1. The Balaban J connectivity index is 1.53. The summed E-state index contributed by atoms with van der Waals surface area (Å²) in [6.07, 6.45) is 4.96. The number of aromatic nitrogens is 2. The minimum atomic E-state index is -0.538. The zero-order valence-corrected chi connectivity index (χ0v) is 13.5. The van der Waals surface area contributed by atoms with Gasteiger partial charge in [-0.25, -0.2) is 4.98 Å². The number of nitrogens with zero attached hydrogens (tertiary/aromatic N) is 3. The Bertz CT molecular complexity index is 714. The van der Waals surface area contributed by atoms with Crippen molar-refractivity contribution in [2.75, 3.05) is 18.0 Å². The fourth-order valence-corrected chi connectivity index (χ4v) is 2.63. The van der Waals surface area contributed by atoms with Gasteiger partial charge in [0, 0.05) is 38.4 Å². The van der Waals surface area contributed by atoms with E-state index in [1.165, 1.54) is 0 Å². The average molecular weight is 328 g/mol. The molecular weight excluding hydrogens is 308 g/mol. The Morgan fingerprint density at radius 2 is 2.17 bits per heavy atom. The predicted octanol–water partition coefficient (Wildman–Crippen LogP) is 1.20. The van der Waals surface area contributed by atoms with E-state index >= 15 is 0 Å². The van der Waals surface area contributed by atoms with Gasteiger partial charge in [-0.05, 0) is 19.1 Å². The van der Waals surface area contributed by atoms with Crippen LogP contribution in [0.2, 0.25) is 0 Å². The van der Waals surface area contributed by atoms with Crippen molar-refractivity contribution >= 4 is 17.5 Å². The summed E-state index contributed by atoms with van der Waals surface area (Å²) in [7, 11) is 0. The fraction of sp³-hybridized carbons (Fsp3) is 0.353. The van der Waals surface area contributed by atoms with Gasteiger partial charge in [0.1, 0.15) is 5.75 Å². The number of ether oxygens (including phenoxy) is 1. The Hall–Kier alpha value is -2.83. The van der Waals surface area contributed by atoms with Crippen LogP contribution in [0.5, 0.6) is 5.75 Å². The second kappa shape index (κ2) is 7.16. The molecule has 0 spiro atoms. The van der Waals surface area contributed by atoms with E-state index < -0.39 is 6.10 Å². The van der Waals surface area contributed by atoms with E-state index in [0.717, 1.165) is 0 Å². The van der Waals surface area contributed by atoms with Crippen molar-refractivity contribution < 1.29 is 14.3 Å². The third kappa shape index (κ3) is 3.56. The molecule has 2 aromatic rings. The van der Waals surface area contributed by atoms with Gasteiger partial charge in [0.15, 0.2) is 6.10 Å². The molecular formula is C17H20N4O3. The van der Waals surface area contributed by atoms with Crippen LogP contribution in [0, 0.1) is 0 Å². The standard InChI is InChI=1S/C17H20N4O3/c1-13-17(23)21(14-4-2-3-5-15(14)24-13)9-6-16(22)19-8-11-20-10-7-18-12-20/h2-5,7,10,12-13H,6,8-9,11H2,1H3,(H,19,22)/t13-/m1/s1. The van der Waals surface area contributed by atoms with Gasteiger partial charge in [0.2, 0.25) is 5.91 Å². The SMILES string of the molecule is C[C@H]1Oc2ccccc2N(CCC(=O)NCCn2ccnc2)C1=O. The quantitative estimate of drug-likeness (QED) is 0.864. The molecule has 1 aliphatic rings. The molecule has 24 heavy (non-hydrogen) atoms. The maximum atomic E-state index is 12.3. The molecule has 126 valence electrons. The number of amides is 2. The van der Waals surface area contributed by atoms with Crippen LogP contribution in [0.3, 0.4) is 0 Å². The molecule has 1 atom stereocenters. The van der Waals surface area contributed by atoms with Gasteiger partial charge in [-0.15, -0.1) is 0 Å². The largest absolute Gasteiger partial charge is 0.479 e. The summed E-state index contributed by atoms with van der Waals surface area (Å²) in [5, 5.41) is 2.85. The lowest BCUT2D eigenvalue weighted by Gasteiger charge is -2.32. The highest BCUT2D eigenvalue weighted by Gasteiger charge is 2.31. The fourth-order valence-electron chi connectivity index (χ4n) is 2.63. The molecule has 0 fully saturated rings. The van der Waals surface area contributed by atoms with Crippen LogP contribution in [0.25, 0.3) is 0 Å². The molecule has 0 aliphatic carbocycles. The molecule has 7 nitrogen and oxygen atoms in total. The summed E-state index contributed by atoms with van der Waals surface area (Å²) < 4.78 is 7.48. The number of imidazole rings is 1. The van der Waals surface area contributed by atoms with Crippen molar-refractivity contribution in [3.63, 3.8) is 0 Å². The molecule has 1 N–H and O–H groups in total. The van der Waals surface area contributed by atoms with Crippen molar-refractivity contribution in [2.45, 2.75) is 26.0 Å². The minimum Gasteiger partial charge on any atom is -0.479 e. The highest BCUT2D eigenvalue weighted by atomic mass is 16.5. The number of hydrogen-bond donors (Lipinski definition) is 1. The lowest BCUT2D eigenvalue weighted by Crippen LogP contribution is -2.45. The molecule has 1 aromatic carbocycles. The summed E-state index contributed by atoms with van der Waals surface area (Å²) in [6.45, 7) is 3.25. The van der Waals surface area contributed by atoms with Gasteiger partial charge < -0.3 is 19.5 Å². The van der Waals surface area contributed by atoms with E-state index in [1.54, 1.807) is 24.3 Å². The van der Waals surface area contributed by atoms with Crippen LogP contribution < -0.4 is 15.0 Å². The van der Waals surface area contributed by atoms with E-state index in [2.05, 4.69) is 10.3 Å². The molecule has 0 unspecified atom stereocenters. The number of carbonyl (C=O) groups excluding carboxylic acids is 2. The minimum absolute atomic E-state index is 0.0838. The van der Waals surface area contributed by atoms with Gasteiger partial charge in [0.05, 0.1) is 12.0 Å². The second-order valence-corrected chi connectivity index (χ2v) is 5.62. The molecule has 0 saturated heterocycles. The van der Waals surface area contributed by atoms with Crippen molar-refractivity contribution in [2.24, 2.45) is 0 Å². The molecule has 1 aromatic heterocycles. The van der Waals surface area contributed by atoms with Crippen LogP contribution in [0.15, 0.2) is 43.0 Å². The summed E-state index contributed by atoms with van der Waals surface area (Å²) in [5.74, 6) is 0.463. The zero-order chi connectivity index (χ0) is 16.9. The van der Waals surface area contributed by atoms with Crippen LogP contribution >= 0.6 is 0 Å². The van der Waals surface area contributed by atoms with E-state index in [4.69, 9.17) is 4.74 Å². The smallest absolute Gasteiger partial charge is 0.267 e. The highest BCUT2D eigenvalue weighted by molar-refractivity contribution is 6.00. The highest BCUT2D eigenvalue weighted by Crippen LogP contribution is 2.33. The van der Waals surface area contributed by atoms with Crippen molar-refractivity contribution in [1.82, 2.24) is 14.9 Å². The third-order valence-electron chi connectivity index (χ3n) is 3.89. The van der Waals surface area contributed by atoms with Gasteiger partial charge in [0.25, 0.3) is 5.91 Å². The van der Waals surface area contributed by atoms with Gasteiger partial charge in [-0.1, -0.05) is 12.1 Å². The summed E-state index contributed by atoms with van der Waals surface area (Å²) in [5.41, 5.74) is 0.715. The molecule has 7 heteroatoms. The number of fused-ring (bicyclic) bond motifs is 1. The van der Waals surface area contributed by atoms with E-state index in [-0.39, 0.29) is 18.2 Å². The maximum Gasteiger partial charge on any atom is 0.267 e. The first-order valence-corrected chi connectivity index (χ1v) is 7.94. The van der Waals surface area contributed by atoms with Crippen LogP contribution in [0.1, 0.15) is 13.3 Å². The van der Waals surface area contributed by atoms with Crippen LogP contribution in [0.4, 0.5) is 5.69 Å². The van der Waals surface area contributed by atoms with E-state index in [1.807, 2.05) is 35.0 Å². The van der Waals surface area contributed by atoms with Crippen molar-refractivity contribution in [1.29, 1.82) is 0 Å². The Morgan fingerprint density at radius 1 is 1.33 bits per heavy atom. The van der Waals surface area contributed by atoms with Crippen molar-refractivity contribution in [3.05, 3.63) is 43.0 Å². The summed E-state index contributed by atoms with van der Waals surface area (Å²) in [6, 6.07) is 7.37. The van der Waals surface area contributed by atoms with E-state index in [9.17, 15) is 9.59 Å². The molecule has 1 aliphatic heterocycles. The van der Waals surface area contributed by atoms with Crippen molar-refractivity contribution in [3.8, 4) is 5.75 Å². The van der Waals surface area contributed by atoms with E-state index in [0.29, 0.717) is 31.1 Å². The van der Waals surface area contributed by atoms with Crippen LogP contribution in [-0.2, 0) is 16.1 Å². The molecule has 3 rings (SSSR count). The monoisotopic (exact) mass is 328 g/mol. The molecule has 0 bridgehead atoms. The topological polar surface area (TPSA) is 76.5 Å². The lowest BCUT2D eigenvalue weighted by atomic mass is 10.1.